The number of nitrogens with zero attached hydrogens (tertiary/aromatic N) is 1. The molecule has 0 spiro atoms. The summed E-state index contributed by atoms with van der Waals surface area (Å²) in [5, 5.41) is 7.48. The summed E-state index contributed by atoms with van der Waals surface area (Å²) in [6, 6.07) is 5.99. The number of piperidine rings is 1. The van der Waals surface area contributed by atoms with Gasteiger partial charge in [0.2, 0.25) is 0 Å². The lowest BCUT2D eigenvalue weighted by Gasteiger charge is -2.33. The summed E-state index contributed by atoms with van der Waals surface area (Å²) in [4.78, 5) is 2.38. The third-order valence-electron chi connectivity index (χ3n) is 3.62. The number of hydrogen-bond donors (Lipinski definition) is 2. The predicted molar refractivity (Wildman–Crippen MR) is 82.0 cm³/mol. The predicted octanol–water partition coefficient (Wildman–Crippen LogP) is 2.60. The van der Waals surface area contributed by atoms with Crippen LogP contribution in [0.2, 0.25) is 0 Å². The van der Waals surface area contributed by atoms with E-state index in [-0.39, 0.29) is 5.84 Å². The Morgan fingerprint density at radius 2 is 2.16 bits per heavy atom. The van der Waals surface area contributed by atoms with Crippen LogP contribution in [-0.2, 0) is 4.74 Å². The van der Waals surface area contributed by atoms with Crippen LogP contribution in [0, 0.1) is 11.3 Å². The average Bonchev–Trinajstić information content (AvgIpc) is 2.39. The smallest absolute Gasteiger partial charge is 0.123 e. The van der Waals surface area contributed by atoms with Crippen LogP contribution in [0.3, 0.4) is 0 Å². The number of nitrogens with two attached hydrogens (primary N) is 1. The van der Waals surface area contributed by atoms with Gasteiger partial charge < -0.3 is 15.4 Å². The van der Waals surface area contributed by atoms with Crippen molar-refractivity contribution in [2.24, 2.45) is 11.7 Å². The number of rotatable bonds is 4. The highest BCUT2D eigenvalue weighted by Gasteiger charge is 2.19. The molecule has 0 aromatic heterocycles. The van der Waals surface area contributed by atoms with E-state index >= 15 is 0 Å². The molecular formula is C14H20BrN3O. The van der Waals surface area contributed by atoms with Crippen molar-refractivity contribution in [2.45, 2.75) is 12.8 Å². The molecule has 0 saturated carbocycles. The van der Waals surface area contributed by atoms with Gasteiger partial charge in [-0.3, -0.25) is 5.41 Å². The fourth-order valence-corrected chi connectivity index (χ4v) is 3.09. The van der Waals surface area contributed by atoms with Gasteiger partial charge in [0.05, 0.1) is 0 Å². The zero-order chi connectivity index (χ0) is 13.8. The highest BCUT2D eigenvalue weighted by molar-refractivity contribution is 9.10. The molecule has 19 heavy (non-hydrogen) atoms. The molecule has 2 rings (SSSR count). The maximum absolute atomic E-state index is 7.48. The Balaban J connectivity index is 2.04. The van der Waals surface area contributed by atoms with Crippen LogP contribution >= 0.6 is 15.9 Å². The van der Waals surface area contributed by atoms with Crippen molar-refractivity contribution < 1.29 is 4.74 Å². The van der Waals surface area contributed by atoms with E-state index in [2.05, 4.69) is 20.8 Å². The Kier molecular flexibility index (Phi) is 4.82. The molecule has 3 N–H and O–H groups in total. The first-order valence-corrected chi connectivity index (χ1v) is 7.29. The first kappa shape index (κ1) is 14.3. The summed E-state index contributed by atoms with van der Waals surface area (Å²) in [6.45, 7) is 2.97. The standard InChI is InChI=1S/C14H20BrN3O/c1-19-9-10-4-6-18(7-5-10)11-2-3-12(14(16)17)13(15)8-11/h2-3,8,10H,4-7,9H2,1H3,(H3,16,17). The van der Waals surface area contributed by atoms with Gasteiger partial charge in [0.1, 0.15) is 5.84 Å². The number of ether oxygens (including phenoxy) is 1. The Morgan fingerprint density at radius 3 is 2.68 bits per heavy atom. The molecule has 0 atom stereocenters. The van der Waals surface area contributed by atoms with Crippen LogP contribution in [0.5, 0.6) is 0 Å². The highest BCUT2D eigenvalue weighted by atomic mass is 79.9. The van der Waals surface area contributed by atoms with E-state index in [0.717, 1.165) is 29.7 Å². The Labute approximate surface area is 122 Å². The minimum absolute atomic E-state index is 0.0947. The first-order valence-electron chi connectivity index (χ1n) is 6.49. The molecule has 1 aliphatic rings. The first-order chi connectivity index (χ1) is 9.11. The lowest BCUT2D eigenvalue weighted by molar-refractivity contribution is 0.139. The third-order valence-corrected chi connectivity index (χ3v) is 4.28. The second-order valence-corrected chi connectivity index (χ2v) is 5.82. The molecule has 104 valence electrons. The number of methoxy groups -OCH3 is 1. The molecule has 0 bridgehead atoms. The molecule has 1 aliphatic heterocycles. The normalized spacial score (nSPS) is 16.6. The van der Waals surface area contributed by atoms with E-state index in [1.54, 1.807) is 7.11 Å². The van der Waals surface area contributed by atoms with Gasteiger partial charge in [-0.25, -0.2) is 0 Å². The van der Waals surface area contributed by atoms with Crippen molar-refractivity contribution in [3.8, 4) is 0 Å². The lowest BCUT2D eigenvalue weighted by Crippen LogP contribution is -2.35. The third kappa shape index (κ3) is 3.48. The van der Waals surface area contributed by atoms with E-state index in [1.165, 1.54) is 18.5 Å². The number of nitrogen functional groups attached to an aromatic ring is 1. The van der Waals surface area contributed by atoms with E-state index < -0.39 is 0 Å². The van der Waals surface area contributed by atoms with E-state index in [9.17, 15) is 0 Å². The molecule has 5 heteroatoms. The molecule has 1 aromatic rings. The Hall–Kier alpha value is -1.07. The van der Waals surface area contributed by atoms with Gasteiger partial charge in [0, 0.05) is 42.5 Å². The second kappa shape index (κ2) is 6.39. The summed E-state index contributed by atoms with van der Waals surface area (Å²) in [5.41, 5.74) is 7.46. The maximum Gasteiger partial charge on any atom is 0.123 e. The molecule has 1 heterocycles. The van der Waals surface area contributed by atoms with Crippen molar-refractivity contribution in [3.63, 3.8) is 0 Å². The van der Waals surface area contributed by atoms with Crippen molar-refractivity contribution in [2.75, 3.05) is 31.7 Å². The average molecular weight is 326 g/mol. The quantitative estimate of drug-likeness (QED) is 0.660. The summed E-state index contributed by atoms with van der Waals surface area (Å²) in [5.74, 6) is 0.776. The number of anilines is 1. The van der Waals surface area contributed by atoms with Crippen LogP contribution < -0.4 is 10.6 Å². The fourth-order valence-electron chi connectivity index (χ4n) is 2.51. The van der Waals surface area contributed by atoms with Gasteiger partial charge in [0.15, 0.2) is 0 Å². The maximum atomic E-state index is 7.48. The van der Waals surface area contributed by atoms with Gasteiger partial charge in [-0.2, -0.15) is 0 Å². The summed E-state index contributed by atoms with van der Waals surface area (Å²) < 4.78 is 6.11. The topological polar surface area (TPSA) is 62.3 Å². The second-order valence-electron chi connectivity index (χ2n) is 4.96. The number of halogens is 1. The lowest BCUT2D eigenvalue weighted by atomic mass is 9.97. The monoisotopic (exact) mass is 325 g/mol. The van der Waals surface area contributed by atoms with Gasteiger partial charge in [-0.15, -0.1) is 0 Å². The summed E-state index contributed by atoms with van der Waals surface area (Å²) >= 11 is 3.48. The summed E-state index contributed by atoms with van der Waals surface area (Å²) in [7, 11) is 1.77. The molecule has 4 nitrogen and oxygen atoms in total. The zero-order valence-corrected chi connectivity index (χ0v) is 12.7. The number of nitrogens with one attached hydrogen (secondary N) is 1. The molecule has 1 aromatic carbocycles. The number of benzene rings is 1. The Morgan fingerprint density at radius 1 is 1.47 bits per heavy atom. The SMILES string of the molecule is COCC1CCN(c2ccc(C(=N)N)c(Br)c2)CC1. The van der Waals surface area contributed by atoms with Crippen molar-refractivity contribution in [3.05, 3.63) is 28.2 Å². The largest absolute Gasteiger partial charge is 0.384 e. The molecule has 1 fully saturated rings. The number of hydrogen-bond acceptors (Lipinski definition) is 3. The zero-order valence-electron chi connectivity index (χ0n) is 11.2. The van der Waals surface area contributed by atoms with Crippen molar-refractivity contribution in [1.29, 1.82) is 5.41 Å². The van der Waals surface area contributed by atoms with Crippen LogP contribution in [0.15, 0.2) is 22.7 Å². The molecule has 0 unspecified atom stereocenters. The van der Waals surface area contributed by atoms with Crippen LogP contribution in [0.4, 0.5) is 5.69 Å². The van der Waals surface area contributed by atoms with Crippen molar-refractivity contribution >= 4 is 27.5 Å². The molecule has 0 radical (unpaired) electrons. The van der Waals surface area contributed by atoms with Gasteiger partial charge >= 0.3 is 0 Å². The Bertz CT molecular complexity index is 456. The molecule has 0 aliphatic carbocycles. The minimum Gasteiger partial charge on any atom is -0.384 e. The van der Waals surface area contributed by atoms with Gasteiger partial charge in [-0.05, 0) is 52.9 Å². The molecule has 0 amide bonds. The summed E-state index contributed by atoms with van der Waals surface area (Å²) in [6.07, 6.45) is 2.33. The number of amidine groups is 1. The molecular weight excluding hydrogens is 306 g/mol. The van der Waals surface area contributed by atoms with Gasteiger partial charge in [0.25, 0.3) is 0 Å². The van der Waals surface area contributed by atoms with Crippen LogP contribution in [0.1, 0.15) is 18.4 Å². The fraction of sp³-hybridized carbons (Fsp3) is 0.500. The van der Waals surface area contributed by atoms with Crippen molar-refractivity contribution in [1.82, 2.24) is 0 Å². The van der Waals surface area contributed by atoms with Crippen LogP contribution in [0.25, 0.3) is 0 Å². The van der Waals surface area contributed by atoms with E-state index in [1.807, 2.05) is 18.2 Å². The highest BCUT2D eigenvalue weighted by Crippen LogP contribution is 2.27. The van der Waals surface area contributed by atoms with Gasteiger partial charge in [-0.1, -0.05) is 0 Å². The molecule has 1 saturated heterocycles. The minimum atomic E-state index is 0.0947. The van der Waals surface area contributed by atoms with Crippen LogP contribution in [-0.4, -0.2) is 32.6 Å². The van der Waals surface area contributed by atoms with E-state index in [4.69, 9.17) is 15.9 Å². The van der Waals surface area contributed by atoms with E-state index in [0.29, 0.717) is 5.92 Å².